The largest absolute Gasteiger partial charge is 0.373 e. The molecule has 1 heterocycles. The van der Waals surface area contributed by atoms with Crippen LogP contribution in [-0.4, -0.2) is 48.7 Å². The van der Waals surface area contributed by atoms with E-state index in [9.17, 15) is 4.79 Å². The van der Waals surface area contributed by atoms with Crippen molar-refractivity contribution in [2.24, 2.45) is 0 Å². The third kappa shape index (κ3) is 4.93. The van der Waals surface area contributed by atoms with Gasteiger partial charge in [-0.2, -0.15) is 0 Å². The van der Waals surface area contributed by atoms with Gasteiger partial charge >= 0.3 is 0 Å². The molecule has 1 aromatic rings. The highest BCUT2D eigenvalue weighted by molar-refractivity contribution is 14.1. The number of nitrogens with one attached hydrogen (secondary N) is 1. The molecular formula is C16H23IN2O2. The smallest absolute Gasteiger partial charge is 0.251 e. The van der Waals surface area contributed by atoms with Crippen LogP contribution in [0.3, 0.4) is 0 Å². The maximum Gasteiger partial charge on any atom is 0.251 e. The van der Waals surface area contributed by atoms with E-state index in [0.717, 1.165) is 16.7 Å². The molecule has 21 heavy (non-hydrogen) atoms. The number of halogens is 1. The van der Waals surface area contributed by atoms with Gasteiger partial charge in [-0.1, -0.05) is 0 Å². The van der Waals surface area contributed by atoms with E-state index in [2.05, 4.69) is 53.6 Å². The molecule has 0 radical (unpaired) electrons. The molecule has 5 heteroatoms. The van der Waals surface area contributed by atoms with Gasteiger partial charge in [0.15, 0.2) is 0 Å². The summed E-state index contributed by atoms with van der Waals surface area (Å²) in [5.74, 6) is -0.00685. The number of carbonyl (C=O) groups excluding carboxylic acids is 1. The minimum Gasteiger partial charge on any atom is -0.373 e. The van der Waals surface area contributed by atoms with Gasteiger partial charge in [0, 0.05) is 34.8 Å². The number of amides is 1. The summed E-state index contributed by atoms with van der Waals surface area (Å²) in [5, 5.41) is 3.02. The average molecular weight is 402 g/mol. The number of rotatable bonds is 4. The zero-order valence-electron chi connectivity index (χ0n) is 12.8. The van der Waals surface area contributed by atoms with E-state index in [1.165, 1.54) is 0 Å². The van der Waals surface area contributed by atoms with Gasteiger partial charge in [-0.05, 0) is 67.6 Å². The molecule has 0 saturated carbocycles. The Balaban J connectivity index is 1.84. The lowest BCUT2D eigenvalue weighted by Gasteiger charge is -2.39. The Labute approximate surface area is 140 Å². The van der Waals surface area contributed by atoms with E-state index in [-0.39, 0.29) is 18.1 Å². The second-order valence-corrected chi connectivity index (χ2v) is 7.02. The van der Waals surface area contributed by atoms with Crippen LogP contribution in [0.25, 0.3) is 0 Å². The Morgan fingerprint density at radius 3 is 2.48 bits per heavy atom. The predicted molar refractivity (Wildman–Crippen MR) is 92.5 cm³/mol. The quantitative estimate of drug-likeness (QED) is 0.788. The van der Waals surface area contributed by atoms with Gasteiger partial charge in [0.1, 0.15) is 0 Å². The molecule has 0 aromatic heterocycles. The molecule has 0 unspecified atom stereocenters. The zero-order valence-corrected chi connectivity index (χ0v) is 15.0. The first-order valence-electron chi connectivity index (χ1n) is 7.39. The summed E-state index contributed by atoms with van der Waals surface area (Å²) in [6.45, 7) is 8.85. The van der Waals surface area contributed by atoms with Crippen LogP contribution in [0.15, 0.2) is 24.3 Å². The number of hydrogen-bond acceptors (Lipinski definition) is 3. The Bertz CT molecular complexity index is 468. The van der Waals surface area contributed by atoms with Gasteiger partial charge < -0.3 is 10.1 Å². The Morgan fingerprint density at radius 1 is 1.33 bits per heavy atom. The number of carbonyl (C=O) groups is 1. The van der Waals surface area contributed by atoms with E-state index >= 15 is 0 Å². The summed E-state index contributed by atoms with van der Waals surface area (Å²) in [4.78, 5) is 14.5. The lowest BCUT2D eigenvalue weighted by molar-refractivity contribution is -0.0778. The molecule has 1 aliphatic rings. The fourth-order valence-corrected chi connectivity index (χ4v) is 3.01. The van der Waals surface area contributed by atoms with Crippen LogP contribution in [0.1, 0.15) is 31.1 Å². The third-order valence-corrected chi connectivity index (χ3v) is 4.45. The number of benzene rings is 1. The van der Waals surface area contributed by atoms with Crippen molar-refractivity contribution in [1.29, 1.82) is 0 Å². The van der Waals surface area contributed by atoms with Crippen molar-refractivity contribution in [2.75, 3.05) is 19.6 Å². The zero-order chi connectivity index (χ0) is 15.4. The van der Waals surface area contributed by atoms with Crippen LogP contribution in [-0.2, 0) is 4.74 Å². The van der Waals surface area contributed by atoms with Gasteiger partial charge in [0.05, 0.1) is 12.2 Å². The molecule has 1 amide bonds. The normalized spacial score (nSPS) is 24.6. The first-order valence-corrected chi connectivity index (χ1v) is 8.47. The standard InChI is InChI=1S/C16H23IN2O2/c1-11(19-9-12(2)21-13(3)10-19)8-18-16(20)14-4-6-15(17)7-5-14/h4-7,11-13H,8-10H2,1-3H3,(H,18,20)/t11-,12-,13+/m0/s1. The monoisotopic (exact) mass is 402 g/mol. The van der Waals surface area contributed by atoms with E-state index in [1.807, 2.05) is 24.3 Å². The summed E-state index contributed by atoms with van der Waals surface area (Å²) in [7, 11) is 0. The van der Waals surface area contributed by atoms with Crippen LogP contribution in [0.5, 0.6) is 0 Å². The Hall–Kier alpha value is -0.660. The number of morpholine rings is 1. The predicted octanol–water partition coefficient (Wildman–Crippen LogP) is 2.52. The van der Waals surface area contributed by atoms with Crippen LogP contribution in [0, 0.1) is 3.57 Å². The second kappa shape index (κ2) is 7.56. The van der Waals surface area contributed by atoms with Crippen molar-refractivity contribution < 1.29 is 9.53 Å². The molecule has 4 nitrogen and oxygen atoms in total. The molecule has 2 rings (SSSR count). The summed E-state index contributed by atoms with van der Waals surface area (Å²) in [6.07, 6.45) is 0.506. The van der Waals surface area contributed by atoms with Crippen LogP contribution in [0.2, 0.25) is 0 Å². The Kier molecular flexibility index (Phi) is 6.01. The number of hydrogen-bond donors (Lipinski definition) is 1. The molecule has 0 aliphatic carbocycles. The highest BCUT2D eigenvalue weighted by atomic mass is 127. The van der Waals surface area contributed by atoms with E-state index in [1.54, 1.807) is 0 Å². The van der Waals surface area contributed by atoms with Crippen LogP contribution >= 0.6 is 22.6 Å². The number of nitrogens with zero attached hydrogens (tertiary/aromatic N) is 1. The molecule has 3 atom stereocenters. The molecule has 0 bridgehead atoms. The molecule has 1 saturated heterocycles. The molecule has 1 N–H and O–H groups in total. The van der Waals surface area contributed by atoms with Crippen molar-refractivity contribution in [2.45, 2.75) is 39.0 Å². The van der Waals surface area contributed by atoms with Gasteiger partial charge in [0.25, 0.3) is 5.91 Å². The fraction of sp³-hybridized carbons (Fsp3) is 0.562. The maximum atomic E-state index is 12.1. The first kappa shape index (κ1) is 16.7. The fourth-order valence-electron chi connectivity index (χ4n) is 2.65. The lowest BCUT2D eigenvalue weighted by Crippen LogP contribution is -2.52. The molecule has 0 spiro atoms. The molecular weight excluding hydrogens is 379 g/mol. The Morgan fingerprint density at radius 2 is 1.90 bits per heavy atom. The average Bonchev–Trinajstić information content (AvgIpc) is 2.44. The van der Waals surface area contributed by atoms with Gasteiger partial charge in [-0.3, -0.25) is 9.69 Å². The molecule has 1 aromatic carbocycles. The van der Waals surface area contributed by atoms with E-state index in [0.29, 0.717) is 18.2 Å². The van der Waals surface area contributed by atoms with Gasteiger partial charge in [-0.25, -0.2) is 0 Å². The second-order valence-electron chi connectivity index (χ2n) is 5.78. The first-order chi connectivity index (χ1) is 9.95. The maximum absolute atomic E-state index is 12.1. The van der Waals surface area contributed by atoms with Crippen LogP contribution in [0.4, 0.5) is 0 Å². The van der Waals surface area contributed by atoms with E-state index in [4.69, 9.17) is 4.74 Å². The molecule has 116 valence electrons. The third-order valence-electron chi connectivity index (χ3n) is 3.74. The molecule has 1 fully saturated rings. The minimum atomic E-state index is -0.00685. The van der Waals surface area contributed by atoms with E-state index < -0.39 is 0 Å². The summed E-state index contributed by atoms with van der Waals surface area (Å²) in [6, 6.07) is 7.93. The summed E-state index contributed by atoms with van der Waals surface area (Å²) < 4.78 is 6.88. The molecule has 1 aliphatic heterocycles. The van der Waals surface area contributed by atoms with Gasteiger partial charge in [0.2, 0.25) is 0 Å². The van der Waals surface area contributed by atoms with Crippen molar-refractivity contribution in [3.05, 3.63) is 33.4 Å². The highest BCUT2D eigenvalue weighted by Crippen LogP contribution is 2.13. The summed E-state index contributed by atoms with van der Waals surface area (Å²) >= 11 is 2.23. The van der Waals surface area contributed by atoms with Crippen molar-refractivity contribution >= 4 is 28.5 Å². The van der Waals surface area contributed by atoms with Crippen molar-refractivity contribution in [3.8, 4) is 0 Å². The minimum absolute atomic E-state index is 0.00685. The number of ether oxygens (including phenoxy) is 1. The lowest BCUT2D eigenvalue weighted by atomic mass is 10.1. The topological polar surface area (TPSA) is 41.6 Å². The van der Waals surface area contributed by atoms with Crippen LogP contribution < -0.4 is 5.32 Å². The highest BCUT2D eigenvalue weighted by Gasteiger charge is 2.25. The summed E-state index contributed by atoms with van der Waals surface area (Å²) in [5.41, 5.74) is 0.714. The van der Waals surface area contributed by atoms with Crippen molar-refractivity contribution in [3.63, 3.8) is 0 Å². The van der Waals surface area contributed by atoms with Crippen molar-refractivity contribution in [1.82, 2.24) is 10.2 Å². The SMILES string of the molecule is C[C@@H]1CN([C@@H](C)CNC(=O)c2ccc(I)cc2)C[C@H](C)O1. The van der Waals surface area contributed by atoms with Gasteiger partial charge in [-0.15, -0.1) is 0 Å².